The highest BCUT2D eigenvalue weighted by Crippen LogP contribution is 2.23. The molecule has 0 bridgehead atoms. The highest BCUT2D eigenvalue weighted by atomic mass is 16.6. The molecule has 3 aromatic rings. The lowest BCUT2D eigenvalue weighted by molar-refractivity contribution is -0.384. The van der Waals surface area contributed by atoms with Crippen molar-refractivity contribution in [3.63, 3.8) is 0 Å². The van der Waals surface area contributed by atoms with E-state index in [-0.39, 0.29) is 23.3 Å². The molecule has 0 aliphatic carbocycles. The predicted molar refractivity (Wildman–Crippen MR) is 111 cm³/mol. The first-order valence-corrected chi connectivity index (χ1v) is 9.81. The van der Waals surface area contributed by atoms with Crippen molar-refractivity contribution < 1.29 is 14.5 Å². The van der Waals surface area contributed by atoms with Crippen LogP contribution in [0.5, 0.6) is 0 Å². The molecule has 1 aliphatic heterocycles. The molecule has 1 fully saturated rings. The highest BCUT2D eigenvalue weighted by Gasteiger charge is 2.23. The van der Waals surface area contributed by atoms with Gasteiger partial charge in [0.25, 0.3) is 11.6 Å². The van der Waals surface area contributed by atoms with E-state index in [9.17, 15) is 14.9 Å². The number of nitrogens with one attached hydrogen (secondary N) is 2. The number of H-pyrrole nitrogens is 1. The van der Waals surface area contributed by atoms with E-state index in [0.717, 1.165) is 24.2 Å². The second-order valence-electron chi connectivity index (χ2n) is 7.41. The summed E-state index contributed by atoms with van der Waals surface area (Å²) in [6.07, 6.45) is 0. The fourth-order valence-electron chi connectivity index (χ4n) is 3.59. The van der Waals surface area contributed by atoms with E-state index in [2.05, 4.69) is 20.4 Å². The smallest absolute Gasteiger partial charge is 0.272 e. The fraction of sp³-hybridized carbons (Fsp3) is 0.333. The Morgan fingerprint density at radius 1 is 1.27 bits per heavy atom. The number of fused-ring (bicyclic) bond motifs is 1. The second kappa shape index (κ2) is 8.60. The molecule has 9 heteroatoms. The second-order valence-corrected chi connectivity index (χ2v) is 7.41. The van der Waals surface area contributed by atoms with Crippen molar-refractivity contribution in [2.75, 3.05) is 32.8 Å². The van der Waals surface area contributed by atoms with Crippen molar-refractivity contribution in [2.45, 2.75) is 13.0 Å². The molecule has 1 saturated heterocycles. The van der Waals surface area contributed by atoms with Crippen molar-refractivity contribution in [2.24, 2.45) is 0 Å². The largest absolute Gasteiger partial charge is 0.379 e. The molecule has 1 atom stereocenters. The van der Waals surface area contributed by atoms with E-state index < -0.39 is 4.92 Å². The molecule has 1 aromatic heterocycles. The number of nitrogens with zero attached hydrogens (tertiary/aromatic N) is 3. The molecule has 2 N–H and O–H groups in total. The third kappa shape index (κ3) is 4.32. The van der Waals surface area contributed by atoms with Crippen molar-refractivity contribution in [3.05, 3.63) is 69.4 Å². The van der Waals surface area contributed by atoms with Gasteiger partial charge in [-0.3, -0.25) is 24.9 Å². The molecule has 9 nitrogen and oxygen atoms in total. The van der Waals surface area contributed by atoms with E-state index in [1.165, 1.54) is 12.1 Å². The molecule has 1 amide bonds. The van der Waals surface area contributed by atoms with Gasteiger partial charge in [0, 0.05) is 37.2 Å². The average Bonchev–Trinajstić information content (AvgIpc) is 3.18. The number of morpholine rings is 1. The van der Waals surface area contributed by atoms with Gasteiger partial charge in [0.15, 0.2) is 5.69 Å². The Hall–Kier alpha value is -3.30. The van der Waals surface area contributed by atoms with Crippen molar-refractivity contribution in [1.29, 1.82) is 0 Å². The van der Waals surface area contributed by atoms with Crippen molar-refractivity contribution in [1.82, 2.24) is 20.4 Å². The van der Waals surface area contributed by atoms with Crippen LogP contribution in [0.25, 0.3) is 10.9 Å². The molecule has 0 radical (unpaired) electrons. The number of hydrogen-bond donors (Lipinski definition) is 2. The number of carbonyl (C=O) groups is 1. The maximum atomic E-state index is 13.1. The van der Waals surface area contributed by atoms with Gasteiger partial charge in [-0.15, -0.1) is 0 Å². The lowest BCUT2D eigenvalue weighted by atomic mass is 10.0. The average molecular weight is 409 g/mol. The Bertz CT molecular complexity index is 1060. The number of rotatable bonds is 6. The molecular weight excluding hydrogens is 386 g/mol. The normalized spacial score (nSPS) is 15.8. The van der Waals surface area contributed by atoms with Crippen LogP contribution in [0.4, 0.5) is 5.69 Å². The number of aromatic nitrogens is 2. The van der Waals surface area contributed by atoms with E-state index in [1.807, 2.05) is 31.2 Å². The van der Waals surface area contributed by atoms with E-state index >= 15 is 0 Å². The fourth-order valence-corrected chi connectivity index (χ4v) is 3.59. The lowest BCUT2D eigenvalue weighted by Crippen LogP contribution is -2.43. The van der Waals surface area contributed by atoms with Crippen LogP contribution < -0.4 is 5.32 Å². The maximum Gasteiger partial charge on any atom is 0.272 e. The van der Waals surface area contributed by atoms with Gasteiger partial charge in [-0.1, -0.05) is 29.8 Å². The van der Waals surface area contributed by atoms with Gasteiger partial charge in [-0.2, -0.15) is 5.10 Å². The summed E-state index contributed by atoms with van der Waals surface area (Å²) < 4.78 is 5.42. The van der Waals surface area contributed by atoms with Crippen molar-refractivity contribution >= 4 is 22.5 Å². The number of aromatic amines is 1. The number of carbonyl (C=O) groups excluding carboxylic acids is 1. The minimum atomic E-state index is -0.484. The predicted octanol–water partition coefficient (Wildman–Crippen LogP) is 2.58. The van der Waals surface area contributed by atoms with Gasteiger partial charge in [0.1, 0.15) is 0 Å². The number of amides is 1. The highest BCUT2D eigenvalue weighted by molar-refractivity contribution is 6.05. The number of nitro groups is 1. The number of non-ortho nitro benzene ring substituents is 1. The Morgan fingerprint density at radius 2 is 2.00 bits per heavy atom. The van der Waals surface area contributed by atoms with Gasteiger partial charge in [0.05, 0.1) is 29.7 Å². The van der Waals surface area contributed by atoms with Gasteiger partial charge in [-0.05, 0) is 18.6 Å². The Morgan fingerprint density at radius 3 is 2.70 bits per heavy atom. The summed E-state index contributed by atoms with van der Waals surface area (Å²) in [5.74, 6) is -0.374. The van der Waals surface area contributed by atoms with E-state index in [4.69, 9.17) is 4.74 Å². The van der Waals surface area contributed by atoms with Gasteiger partial charge in [0.2, 0.25) is 0 Å². The zero-order valence-electron chi connectivity index (χ0n) is 16.6. The molecule has 0 spiro atoms. The van der Waals surface area contributed by atoms with Crippen LogP contribution in [0.3, 0.4) is 0 Å². The van der Waals surface area contributed by atoms with Crippen LogP contribution in [-0.2, 0) is 4.74 Å². The molecule has 156 valence electrons. The SMILES string of the molecule is Cc1ccc(C(CN2CCOCC2)NC(=O)c2n[nH]c3ccc([N+](=O)[O-])cc23)cc1. The molecule has 4 rings (SSSR count). The summed E-state index contributed by atoms with van der Waals surface area (Å²) >= 11 is 0. The Balaban J connectivity index is 1.60. The number of aryl methyl sites for hydroxylation is 1. The number of benzene rings is 2. The summed E-state index contributed by atoms with van der Waals surface area (Å²) in [7, 11) is 0. The molecule has 2 aromatic carbocycles. The molecule has 30 heavy (non-hydrogen) atoms. The van der Waals surface area contributed by atoms with E-state index in [0.29, 0.717) is 30.7 Å². The molecule has 2 heterocycles. The zero-order valence-corrected chi connectivity index (χ0v) is 16.6. The molecular formula is C21H23N5O4. The minimum absolute atomic E-state index is 0.0821. The van der Waals surface area contributed by atoms with Crippen LogP contribution in [0.1, 0.15) is 27.7 Å². The quantitative estimate of drug-likeness (QED) is 0.478. The Kier molecular flexibility index (Phi) is 5.73. The zero-order chi connectivity index (χ0) is 21.1. The topological polar surface area (TPSA) is 113 Å². The van der Waals surface area contributed by atoms with Crippen LogP contribution in [0.2, 0.25) is 0 Å². The lowest BCUT2D eigenvalue weighted by Gasteiger charge is -2.31. The van der Waals surface area contributed by atoms with Crippen LogP contribution in [0.15, 0.2) is 42.5 Å². The van der Waals surface area contributed by atoms with Crippen LogP contribution in [0, 0.1) is 17.0 Å². The van der Waals surface area contributed by atoms with Gasteiger partial charge >= 0.3 is 0 Å². The first-order valence-electron chi connectivity index (χ1n) is 9.81. The summed E-state index contributed by atoms with van der Waals surface area (Å²) in [6.45, 7) is 5.60. The maximum absolute atomic E-state index is 13.1. The summed E-state index contributed by atoms with van der Waals surface area (Å²) in [5.41, 5.74) is 2.77. The molecule has 1 unspecified atom stereocenters. The van der Waals surface area contributed by atoms with Crippen LogP contribution >= 0.6 is 0 Å². The van der Waals surface area contributed by atoms with Gasteiger partial charge < -0.3 is 10.1 Å². The summed E-state index contributed by atoms with van der Waals surface area (Å²) in [6, 6.07) is 12.1. The molecule has 1 aliphatic rings. The minimum Gasteiger partial charge on any atom is -0.379 e. The number of ether oxygens (including phenoxy) is 1. The van der Waals surface area contributed by atoms with Gasteiger partial charge in [-0.25, -0.2) is 0 Å². The first kappa shape index (κ1) is 20.0. The standard InChI is InChI=1S/C21H23N5O4/c1-14-2-4-15(5-3-14)19(13-25-8-10-30-11-9-25)22-21(27)20-17-12-16(26(28)29)6-7-18(17)23-24-20/h2-7,12,19H,8-11,13H2,1H3,(H,22,27)(H,23,24). The Labute approximate surface area is 173 Å². The third-order valence-electron chi connectivity index (χ3n) is 5.30. The monoisotopic (exact) mass is 409 g/mol. The number of nitro benzene ring substituents is 1. The number of hydrogen-bond acceptors (Lipinski definition) is 6. The van der Waals surface area contributed by atoms with Crippen molar-refractivity contribution in [3.8, 4) is 0 Å². The summed E-state index contributed by atoms with van der Waals surface area (Å²) in [4.78, 5) is 26.0. The third-order valence-corrected chi connectivity index (χ3v) is 5.30. The van der Waals surface area contributed by atoms with E-state index in [1.54, 1.807) is 6.07 Å². The molecule has 0 saturated carbocycles. The first-order chi connectivity index (χ1) is 14.5. The summed E-state index contributed by atoms with van der Waals surface area (Å²) in [5, 5.41) is 21.5. The van der Waals surface area contributed by atoms with Crippen LogP contribution in [-0.4, -0.2) is 58.8 Å².